The monoisotopic (exact) mass is 438 g/mol. The molecule has 6 nitrogen and oxygen atoms in total. The minimum absolute atomic E-state index is 0.0982. The molecule has 0 saturated carbocycles. The van der Waals surface area contributed by atoms with Gasteiger partial charge in [-0.1, -0.05) is 29.5 Å². The molecule has 0 spiro atoms. The summed E-state index contributed by atoms with van der Waals surface area (Å²) in [6, 6.07) is 12.3. The Morgan fingerprint density at radius 1 is 1.23 bits per heavy atom. The highest BCUT2D eigenvalue weighted by Gasteiger charge is 2.24. The normalized spacial score (nSPS) is 15.0. The molecule has 5 rings (SSSR count). The van der Waals surface area contributed by atoms with Crippen LogP contribution in [-0.4, -0.2) is 60.2 Å². The number of carbonyl (C=O) groups is 1. The number of nitrogens with one attached hydrogen (secondary N) is 1. The van der Waals surface area contributed by atoms with Crippen LogP contribution in [0.4, 0.5) is 9.52 Å². The smallest absolute Gasteiger partial charge is 0.262 e. The van der Waals surface area contributed by atoms with Gasteiger partial charge in [-0.2, -0.15) is 0 Å². The second-order valence-electron chi connectivity index (χ2n) is 7.62. The van der Waals surface area contributed by atoms with Gasteiger partial charge in [0, 0.05) is 43.3 Å². The number of aromatic nitrogens is 2. The third-order valence-electron chi connectivity index (χ3n) is 5.59. The van der Waals surface area contributed by atoms with Crippen LogP contribution in [0.15, 0.2) is 48.7 Å². The lowest BCUT2D eigenvalue weighted by Crippen LogP contribution is -2.39. The summed E-state index contributed by atoms with van der Waals surface area (Å²) in [6.45, 7) is 4.76. The number of para-hydroxylation sites is 1. The summed E-state index contributed by atoms with van der Waals surface area (Å²) in [5.74, 6) is -0.400. The van der Waals surface area contributed by atoms with E-state index in [9.17, 15) is 9.18 Å². The molecule has 0 radical (unpaired) electrons. The van der Waals surface area contributed by atoms with Crippen molar-refractivity contribution in [2.45, 2.75) is 6.42 Å². The molecule has 1 saturated heterocycles. The first-order valence-corrected chi connectivity index (χ1v) is 11.2. The Labute approximate surface area is 183 Å². The molecular weight excluding hydrogens is 415 g/mol. The number of aromatic amines is 1. The fourth-order valence-electron chi connectivity index (χ4n) is 3.96. The topological polar surface area (TPSA) is 61.5 Å². The van der Waals surface area contributed by atoms with Crippen molar-refractivity contribution in [3.05, 3.63) is 60.0 Å². The number of morpholine rings is 1. The number of anilines is 1. The number of H-pyrrole nitrogens is 1. The Bertz CT molecular complexity index is 1210. The van der Waals surface area contributed by atoms with Crippen molar-refractivity contribution >= 4 is 43.5 Å². The van der Waals surface area contributed by atoms with Gasteiger partial charge in [0.05, 0.1) is 29.0 Å². The van der Waals surface area contributed by atoms with Crippen molar-refractivity contribution in [3.8, 4) is 0 Å². The van der Waals surface area contributed by atoms with Gasteiger partial charge in [0.25, 0.3) is 5.91 Å². The maximum absolute atomic E-state index is 13.7. The number of ether oxygens (including phenoxy) is 1. The van der Waals surface area contributed by atoms with E-state index in [1.807, 2.05) is 24.3 Å². The van der Waals surface area contributed by atoms with Gasteiger partial charge in [-0.05, 0) is 30.7 Å². The average molecular weight is 439 g/mol. The Balaban J connectivity index is 1.44. The fourth-order valence-corrected chi connectivity index (χ4v) is 4.97. The molecule has 1 amide bonds. The number of fused-ring (bicyclic) bond motifs is 2. The van der Waals surface area contributed by atoms with E-state index in [0.717, 1.165) is 54.9 Å². The van der Waals surface area contributed by atoms with Crippen LogP contribution in [0.2, 0.25) is 0 Å². The molecule has 8 heteroatoms. The molecule has 4 aromatic rings. The van der Waals surface area contributed by atoms with E-state index < -0.39 is 0 Å². The van der Waals surface area contributed by atoms with Crippen molar-refractivity contribution in [1.29, 1.82) is 0 Å². The van der Waals surface area contributed by atoms with Gasteiger partial charge in [0.15, 0.2) is 5.13 Å². The van der Waals surface area contributed by atoms with E-state index in [4.69, 9.17) is 4.74 Å². The molecule has 1 fully saturated rings. The summed E-state index contributed by atoms with van der Waals surface area (Å²) in [5.41, 5.74) is 2.24. The van der Waals surface area contributed by atoms with Crippen LogP contribution in [0, 0.1) is 5.82 Å². The molecule has 0 atom stereocenters. The summed E-state index contributed by atoms with van der Waals surface area (Å²) < 4.78 is 19.8. The standard InChI is InChI=1S/C23H23FN4O2S/c24-16-6-7-20-21(14-16)31-23(26-20)28(9-3-8-27-10-12-30-13-11-27)22(29)18-15-25-19-5-2-1-4-17(18)19/h1-2,4-7,14-15,25H,3,8-13H2. The van der Waals surface area contributed by atoms with Gasteiger partial charge in [0.1, 0.15) is 5.82 Å². The molecule has 2 aromatic heterocycles. The maximum Gasteiger partial charge on any atom is 0.262 e. The third-order valence-corrected chi connectivity index (χ3v) is 6.64. The van der Waals surface area contributed by atoms with E-state index in [1.54, 1.807) is 17.2 Å². The number of thiazole rings is 1. The van der Waals surface area contributed by atoms with Gasteiger partial charge in [-0.3, -0.25) is 14.6 Å². The molecule has 160 valence electrons. The quantitative estimate of drug-likeness (QED) is 0.488. The highest BCUT2D eigenvalue weighted by Crippen LogP contribution is 2.31. The van der Waals surface area contributed by atoms with Crippen molar-refractivity contribution in [3.63, 3.8) is 0 Å². The summed E-state index contributed by atoms with van der Waals surface area (Å²) in [5, 5.41) is 1.48. The van der Waals surface area contributed by atoms with Crippen LogP contribution >= 0.6 is 11.3 Å². The van der Waals surface area contributed by atoms with Gasteiger partial charge < -0.3 is 9.72 Å². The lowest BCUT2D eigenvalue weighted by atomic mass is 10.1. The van der Waals surface area contributed by atoms with Crippen LogP contribution in [0.1, 0.15) is 16.8 Å². The molecule has 1 N–H and O–H groups in total. The van der Waals surface area contributed by atoms with Crippen molar-refractivity contribution < 1.29 is 13.9 Å². The minimum Gasteiger partial charge on any atom is -0.379 e. The zero-order valence-electron chi connectivity index (χ0n) is 17.0. The summed E-state index contributed by atoms with van der Waals surface area (Å²) >= 11 is 1.35. The number of carbonyl (C=O) groups excluding carboxylic acids is 1. The van der Waals surface area contributed by atoms with Gasteiger partial charge in [-0.25, -0.2) is 9.37 Å². The van der Waals surface area contributed by atoms with Crippen LogP contribution in [0.5, 0.6) is 0 Å². The Hall–Kier alpha value is -2.81. The zero-order chi connectivity index (χ0) is 21.2. The Morgan fingerprint density at radius 2 is 2.06 bits per heavy atom. The van der Waals surface area contributed by atoms with Crippen molar-refractivity contribution in [2.75, 3.05) is 44.3 Å². The van der Waals surface area contributed by atoms with Crippen LogP contribution < -0.4 is 4.90 Å². The van der Waals surface area contributed by atoms with Crippen LogP contribution in [0.25, 0.3) is 21.1 Å². The first kappa shape index (κ1) is 20.1. The minimum atomic E-state index is -0.301. The van der Waals surface area contributed by atoms with Gasteiger partial charge >= 0.3 is 0 Å². The van der Waals surface area contributed by atoms with E-state index >= 15 is 0 Å². The molecule has 1 aliphatic heterocycles. The first-order chi connectivity index (χ1) is 15.2. The second-order valence-corrected chi connectivity index (χ2v) is 8.63. The predicted octanol–water partition coefficient (Wildman–Crippen LogP) is 4.29. The highest BCUT2D eigenvalue weighted by atomic mass is 32.1. The largest absolute Gasteiger partial charge is 0.379 e. The third kappa shape index (κ3) is 4.19. The maximum atomic E-state index is 13.7. The molecule has 1 aliphatic rings. The Kier molecular flexibility index (Phi) is 5.67. The number of hydrogen-bond acceptors (Lipinski definition) is 5. The molecular formula is C23H23FN4O2S. The van der Waals surface area contributed by atoms with Crippen LogP contribution in [-0.2, 0) is 4.74 Å². The summed E-state index contributed by atoms with van der Waals surface area (Å²) in [4.78, 5) is 25.5. The number of hydrogen-bond donors (Lipinski definition) is 1. The number of halogens is 1. The predicted molar refractivity (Wildman–Crippen MR) is 121 cm³/mol. The van der Waals surface area contributed by atoms with Crippen LogP contribution in [0.3, 0.4) is 0 Å². The number of amides is 1. The van der Waals surface area contributed by atoms with E-state index in [2.05, 4.69) is 14.9 Å². The number of nitrogens with zero attached hydrogens (tertiary/aromatic N) is 3. The first-order valence-electron chi connectivity index (χ1n) is 10.4. The molecule has 3 heterocycles. The lowest BCUT2D eigenvalue weighted by Gasteiger charge is -2.27. The van der Waals surface area contributed by atoms with Crippen molar-refractivity contribution in [2.24, 2.45) is 0 Å². The van der Waals surface area contributed by atoms with Gasteiger partial charge in [0.2, 0.25) is 0 Å². The molecule has 0 unspecified atom stereocenters. The Morgan fingerprint density at radius 3 is 2.94 bits per heavy atom. The lowest BCUT2D eigenvalue weighted by molar-refractivity contribution is 0.0376. The molecule has 0 aliphatic carbocycles. The van der Waals surface area contributed by atoms with E-state index in [0.29, 0.717) is 22.8 Å². The molecule has 2 aromatic carbocycles. The SMILES string of the molecule is O=C(c1c[nH]c2ccccc12)N(CCCN1CCOCC1)c1nc2ccc(F)cc2s1. The number of rotatable bonds is 6. The van der Waals surface area contributed by atoms with E-state index in [-0.39, 0.29) is 11.7 Å². The summed E-state index contributed by atoms with van der Waals surface area (Å²) in [6.07, 6.45) is 2.58. The van der Waals surface area contributed by atoms with Crippen molar-refractivity contribution in [1.82, 2.24) is 14.9 Å². The second kappa shape index (κ2) is 8.74. The zero-order valence-corrected chi connectivity index (χ0v) is 17.8. The molecule has 31 heavy (non-hydrogen) atoms. The number of benzene rings is 2. The fraction of sp³-hybridized carbons (Fsp3) is 0.304. The van der Waals surface area contributed by atoms with E-state index in [1.165, 1.54) is 23.5 Å². The summed E-state index contributed by atoms with van der Waals surface area (Å²) in [7, 11) is 0. The highest BCUT2D eigenvalue weighted by molar-refractivity contribution is 7.22. The van der Waals surface area contributed by atoms with Gasteiger partial charge in [-0.15, -0.1) is 0 Å². The molecule has 0 bridgehead atoms. The average Bonchev–Trinajstić information content (AvgIpc) is 3.41.